The van der Waals surface area contributed by atoms with Crippen LogP contribution in [0, 0.1) is 6.92 Å². The van der Waals surface area contributed by atoms with Crippen molar-refractivity contribution < 1.29 is 9.53 Å². The molecule has 1 atom stereocenters. The summed E-state index contributed by atoms with van der Waals surface area (Å²) < 4.78 is 7.09. The van der Waals surface area contributed by atoms with Crippen LogP contribution < -0.4 is 0 Å². The van der Waals surface area contributed by atoms with Gasteiger partial charge in [0, 0.05) is 11.3 Å². The van der Waals surface area contributed by atoms with E-state index in [1.807, 2.05) is 66.9 Å². The van der Waals surface area contributed by atoms with Gasteiger partial charge in [0.15, 0.2) is 11.0 Å². The number of benzene rings is 2. The SMILES string of the molecule is CCOC(=O)C(C)Sc1nnc(-c2cccc(C)c2)n1-c1ccccc1. The number of carbonyl (C=O) groups is 1. The Morgan fingerprint density at radius 2 is 1.92 bits per heavy atom. The highest BCUT2D eigenvalue weighted by Crippen LogP contribution is 2.30. The quantitative estimate of drug-likeness (QED) is 0.481. The fourth-order valence-corrected chi connectivity index (χ4v) is 3.46. The first kappa shape index (κ1) is 18.2. The van der Waals surface area contributed by atoms with Crippen LogP contribution in [0.1, 0.15) is 19.4 Å². The van der Waals surface area contributed by atoms with E-state index in [1.54, 1.807) is 6.92 Å². The van der Waals surface area contributed by atoms with Crippen molar-refractivity contribution >= 4 is 17.7 Å². The summed E-state index contributed by atoms with van der Waals surface area (Å²) in [6.45, 7) is 6.03. The third-order valence-electron chi connectivity index (χ3n) is 3.82. The zero-order valence-electron chi connectivity index (χ0n) is 15.0. The van der Waals surface area contributed by atoms with Gasteiger partial charge >= 0.3 is 5.97 Å². The van der Waals surface area contributed by atoms with E-state index in [0.717, 1.165) is 22.6 Å². The second kappa shape index (κ2) is 8.19. The summed E-state index contributed by atoms with van der Waals surface area (Å²) in [7, 11) is 0. The Bertz CT molecular complexity index is 893. The number of ether oxygens (including phenoxy) is 1. The first-order valence-corrected chi connectivity index (χ1v) is 9.39. The number of hydrogen-bond donors (Lipinski definition) is 0. The summed E-state index contributed by atoms with van der Waals surface area (Å²) in [6.07, 6.45) is 0. The molecule has 1 aromatic heterocycles. The Kier molecular flexibility index (Phi) is 5.73. The van der Waals surface area contributed by atoms with Crippen LogP contribution >= 0.6 is 11.8 Å². The molecular weight excluding hydrogens is 346 g/mol. The summed E-state index contributed by atoms with van der Waals surface area (Å²) in [4.78, 5) is 12.0. The van der Waals surface area contributed by atoms with E-state index in [0.29, 0.717) is 11.8 Å². The normalized spacial score (nSPS) is 12.0. The zero-order valence-corrected chi connectivity index (χ0v) is 15.9. The number of esters is 1. The fourth-order valence-electron chi connectivity index (χ4n) is 2.59. The Labute approximate surface area is 157 Å². The van der Waals surface area contributed by atoms with E-state index in [-0.39, 0.29) is 11.2 Å². The molecule has 0 fully saturated rings. The van der Waals surface area contributed by atoms with Crippen LogP contribution in [-0.2, 0) is 9.53 Å². The molecule has 0 aliphatic carbocycles. The maximum absolute atomic E-state index is 12.0. The molecule has 0 amide bonds. The molecule has 6 heteroatoms. The van der Waals surface area contributed by atoms with Crippen molar-refractivity contribution in [3.63, 3.8) is 0 Å². The molecule has 134 valence electrons. The lowest BCUT2D eigenvalue weighted by atomic mass is 10.1. The van der Waals surface area contributed by atoms with E-state index in [4.69, 9.17) is 4.74 Å². The molecule has 0 radical (unpaired) electrons. The van der Waals surface area contributed by atoms with Crippen molar-refractivity contribution in [2.75, 3.05) is 6.61 Å². The Hall–Kier alpha value is -2.60. The van der Waals surface area contributed by atoms with Crippen LogP contribution in [0.4, 0.5) is 0 Å². The smallest absolute Gasteiger partial charge is 0.319 e. The molecule has 0 aliphatic rings. The van der Waals surface area contributed by atoms with E-state index >= 15 is 0 Å². The number of thioether (sulfide) groups is 1. The topological polar surface area (TPSA) is 57.0 Å². The lowest BCUT2D eigenvalue weighted by molar-refractivity contribution is -0.142. The second-order valence-electron chi connectivity index (χ2n) is 5.86. The van der Waals surface area contributed by atoms with E-state index < -0.39 is 0 Å². The highest BCUT2D eigenvalue weighted by Gasteiger charge is 2.22. The lowest BCUT2D eigenvalue weighted by Crippen LogP contribution is -2.17. The van der Waals surface area contributed by atoms with Crippen molar-refractivity contribution in [1.82, 2.24) is 14.8 Å². The van der Waals surface area contributed by atoms with E-state index in [1.165, 1.54) is 11.8 Å². The average molecular weight is 367 g/mol. The van der Waals surface area contributed by atoms with Gasteiger partial charge in [-0.2, -0.15) is 0 Å². The van der Waals surface area contributed by atoms with E-state index in [9.17, 15) is 4.79 Å². The van der Waals surface area contributed by atoms with Gasteiger partial charge in [-0.25, -0.2) is 0 Å². The molecule has 3 rings (SSSR count). The number of aryl methyl sites for hydroxylation is 1. The minimum absolute atomic E-state index is 0.253. The Morgan fingerprint density at radius 1 is 1.15 bits per heavy atom. The van der Waals surface area contributed by atoms with Crippen molar-refractivity contribution in [2.24, 2.45) is 0 Å². The minimum atomic E-state index is -0.369. The molecule has 2 aromatic carbocycles. The van der Waals surface area contributed by atoms with Gasteiger partial charge in [-0.15, -0.1) is 10.2 Å². The van der Waals surface area contributed by atoms with Gasteiger partial charge in [0.25, 0.3) is 0 Å². The number of hydrogen-bond acceptors (Lipinski definition) is 5. The average Bonchev–Trinajstić information content (AvgIpc) is 3.06. The van der Waals surface area contributed by atoms with Gasteiger partial charge in [-0.05, 0) is 39.0 Å². The van der Waals surface area contributed by atoms with Gasteiger partial charge < -0.3 is 4.74 Å². The maximum atomic E-state index is 12.0. The maximum Gasteiger partial charge on any atom is 0.319 e. The molecule has 0 saturated carbocycles. The van der Waals surface area contributed by atoms with Gasteiger partial charge in [-0.3, -0.25) is 9.36 Å². The summed E-state index contributed by atoms with van der Waals surface area (Å²) in [5.74, 6) is 0.496. The minimum Gasteiger partial charge on any atom is -0.465 e. The molecule has 3 aromatic rings. The van der Waals surface area contributed by atoms with Crippen LogP contribution in [0.2, 0.25) is 0 Å². The third kappa shape index (κ3) is 3.96. The highest BCUT2D eigenvalue weighted by atomic mass is 32.2. The summed E-state index contributed by atoms with van der Waals surface area (Å²) >= 11 is 1.35. The standard InChI is InChI=1S/C20H21N3O2S/c1-4-25-19(24)15(3)26-20-22-21-18(16-10-8-9-14(2)13-16)23(20)17-11-6-5-7-12-17/h5-13,15H,4H2,1-3H3. The third-order valence-corrected chi connectivity index (χ3v) is 4.85. The molecule has 1 unspecified atom stereocenters. The van der Waals surface area contributed by atoms with Gasteiger partial charge in [-0.1, -0.05) is 53.7 Å². The predicted octanol–water partition coefficient (Wildman–Crippen LogP) is 4.29. The Morgan fingerprint density at radius 3 is 2.62 bits per heavy atom. The molecule has 0 bridgehead atoms. The van der Waals surface area contributed by atoms with Gasteiger partial charge in [0.1, 0.15) is 5.25 Å². The molecule has 0 spiro atoms. The monoisotopic (exact) mass is 367 g/mol. The highest BCUT2D eigenvalue weighted by molar-refractivity contribution is 8.00. The first-order valence-electron chi connectivity index (χ1n) is 8.51. The zero-order chi connectivity index (χ0) is 18.5. The van der Waals surface area contributed by atoms with Crippen LogP contribution in [0.5, 0.6) is 0 Å². The molecule has 26 heavy (non-hydrogen) atoms. The van der Waals surface area contributed by atoms with Gasteiger partial charge in [0.2, 0.25) is 0 Å². The lowest BCUT2D eigenvalue weighted by Gasteiger charge is -2.13. The molecule has 0 aliphatic heterocycles. The molecule has 5 nitrogen and oxygen atoms in total. The number of para-hydroxylation sites is 1. The summed E-state index contributed by atoms with van der Waals surface area (Å²) in [6, 6.07) is 18.1. The van der Waals surface area contributed by atoms with Crippen LogP contribution in [-0.4, -0.2) is 32.6 Å². The van der Waals surface area contributed by atoms with Crippen molar-refractivity contribution in [2.45, 2.75) is 31.2 Å². The van der Waals surface area contributed by atoms with E-state index in [2.05, 4.69) is 16.3 Å². The van der Waals surface area contributed by atoms with Crippen LogP contribution in [0.15, 0.2) is 59.8 Å². The number of carbonyl (C=O) groups excluding carboxylic acids is 1. The van der Waals surface area contributed by atoms with Crippen molar-refractivity contribution in [3.8, 4) is 17.1 Å². The number of nitrogens with zero attached hydrogens (tertiary/aromatic N) is 3. The molecule has 0 saturated heterocycles. The summed E-state index contributed by atoms with van der Waals surface area (Å²) in [5.41, 5.74) is 3.09. The second-order valence-corrected chi connectivity index (χ2v) is 7.17. The van der Waals surface area contributed by atoms with Crippen molar-refractivity contribution in [1.29, 1.82) is 0 Å². The first-order chi connectivity index (χ1) is 12.6. The summed E-state index contributed by atoms with van der Waals surface area (Å²) in [5, 5.41) is 9.04. The van der Waals surface area contributed by atoms with Crippen LogP contribution in [0.3, 0.4) is 0 Å². The predicted molar refractivity (Wildman–Crippen MR) is 103 cm³/mol. The Balaban J connectivity index is 2.04. The molecular formula is C20H21N3O2S. The molecule has 1 heterocycles. The number of rotatable bonds is 6. The van der Waals surface area contributed by atoms with Crippen LogP contribution in [0.25, 0.3) is 17.1 Å². The fraction of sp³-hybridized carbons (Fsp3) is 0.250. The number of aromatic nitrogens is 3. The largest absolute Gasteiger partial charge is 0.465 e. The molecule has 0 N–H and O–H groups in total. The van der Waals surface area contributed by atoms with Gasteiger partial charge in [0.05, 0.1) is 6.61 Å². The van der Waals surface area contributed by atoms with Crippen molar-refractivity contribution in [3.05, 3.63) is 60.2 Å².